The Morgan fingerprint density at radius 3 is 2.12 bits per heavy atom. The van der Waals surface area contributed by atoms with Crippen LogP contribution in [0.3, 0.4) is 0 Å². The van der Waals surface area contributed by atoms with Crippen LogP contribution in [-0.2, 0) is 16.0 Å². The fourth-order valence-electron chi connectivity index (χ4n) is 3.09. The smallest absolute Gasteiger partial charge is 0.326 e. The molecule has 7 N–H and O–H groups in total. The van der Waals surface area contributed by atoms with Gasteiger partial charge in [0.2, 0.25) is 5.91 Å². The highest BCUT2D eigenvalue weighted by Crippen LogP contribution is 2.17. The van der Waals surface area contributed by atoms with E-state index >= 15 is 0 Å². The van der Waals surface area contributed by atoms with Crippen molar-refractivity contribution in [2.75, 3.05) is 12.3 Å². The van der Waals surface area contributed by atoms with E-state index in [9.17, 15) is 19.5 Å². The number of unbranched alkanes of at least 4 members (excludes halogenated alkanes) is 1. The Kier molecular flexibility index (Phi) is 9.89. The Balaban J connectivity index is 2.14. The average molecular weight is 477 g/mol. The number of carboxylic acids is 1. The summed E-state index contributed by atoms with van der Waals surface area (Å²) >= 11 is 8.49. The summed E-state index contributed by atoms with van der Waals surface area (Å²) in [7, 11) is 0. The van der Waals surface area contributed by atoms with Crippen molar-refractivity contribution in [3.63, 3.8) is 0 Å². The molecule has 0 saturated heterocycles. The number of nitrogen functional groups attached to an aromatic ring is 1. The van der Waals surface area contributed by atoms with E-state index in [-0.39, 0.29) is 6.42 Å². The SMILES string of the molecule is NCCCC[C@H](NC(=O)c1cc(S)cc(S)c1)C(=O)N[C@@H](Cc1ccc(N)cc1)C(=O)O. The molecule has 0 unspecified atom stereocenters. The molecule has 2 amide bonds. The first-order chi connectivity index (χ1) is 15.2. The van der Waals surface area contributed by atoms with Crippen LogP contribution in [-0.4, -0.2) is 41.5 Å². The molecule has 2 atom stereocenters. The van der Waals surface area contributed by atoms with Gasteiger partial charge in [-0.3, -0.25) is 9.59 Å². The van der Waals surface area contributed by atoms with Gasteiger partial charge in [-0.1, -0.05) is 12.1 Å². The quantitative estimate of drug-likeness (QED) is 0.150. The number of hydrogen-bond acceptors (Lipinski definition) is 7. The zero-order chi connectivity index (χ0) is 23.7. The van der Waals surface area contributed by atoms with Gasteiger partial charge in [0.25, 0.3) is 5.91 Å². The van der Waals surface area contributed by atoms with Crippen LogP contribution in [0.4, 0.5) is 5.69 Å². The number of carbonyl (C=O) groups is 3. The maximum atomic E-state index is 12.9. The van der Waals surface area contributed by atoms with Crippen LogP contribution in [0, 0.1) is 0 Å². The predicted molar refractivity (Wildman–Crippen MR) is 129 cm³/mol. The molecule has 2 aromatic carbocycles. The minimum atomic E-state index is -1.18. The minimum absolute atomic E-state index is 0.0789. The highest BCUT2D eigenvalue weighted by Gasteiger charge is 2.27. The molecule has 2 rings (SSSR count). The summed E-state index contributed by atoms with van der Waals surface area (Å²) in [5.74, 6) is -2.23. The van der Waals surface area contributed by atoms with E-state index in [0.29, 0.717) is 52.4 Å². The molecular formula is C22H28N4O4S2. The molecule has 0 aromatic heterocycles. The summed E-state index contributed by atoms with van der Waals surface area (Å²) in [4.78, 5) is 38.5. The van der Waals surface area contributed by atoms with Gasteiger partial charge in [-0.15, -0.1) is 25.3 Å². The number of carbonyl (C=O) groups excluding carboxylic acids is 2. The first-order valence-corrected chi connectivity index (χ1v) is 11.0. The van der Waals surface area contributed by atoms with Crippen molar-refractivity contribution in [1.29, 1.82) is 0 Å². The number of aliphatic carboxylic acids is 1. The first kappa shape index (κ1) is 25.6. The molecule has 0 saturated carbocycles. The molecule has 0 spiro atoms. The number of rotatable bonds is 11. The van der Waals surface area contributed by atoms with E-state index in [0.717, 1.165) is 0 Å². The van der Waals surface area contributed by atoms with Crippen molar-refractivity contribution in [2.24, 2.45) is 5.73 Å². The van der Waals surface area contributed by atoms with Gasteiger partial charge in [0.1, 0.15) is 12.1 Å². The monoisotopic (exact) mass is 476 g/mol. The van der Waals surface area contributed by atoms with Gasteiger partial charge in [0, 0.05) is 27.5 Å². The summed E-state index contributed by atoms with van der Waals surface area (Å²) in [6.45, 7) is 0.446. The average Bonchev–Trinajstić information content (AvgIpc) is 2.73. The number of carboxylic acid groups (broad SMARTS) is 1. The lowest BCUT2D eigenvalue weighted by Crippen LogP contribution is -2.52. The second-order valence-corrected chi connectivity index (χ2v) is 8.43. The van der Waals surface area contributed by atoms with Crippen molar-refractivity contribution in [3.8, 4) is 0 Å². The summed E-state index contributed by atoms with van der Waals surface area (Å²) in [6.07, 6.45) is 1.65. The summed E-state index contributed by atoms with van der Waals surface area (Å²) in [5, 5.41) is 14.8. The summed E-state index contributed by atoms with van der Waals surface area (Å²) < 4.78 is 0. The standard InChI is InChI=1S/C22H28N4O4S2/c23-8-2-1-3-18(25-20(27)14-10-16(31)12-17(32)11-14)21(28)26-19(22(29)30)9-13-4-6-15(24)7-5-13/h4-7,10-12,18-19,31-32H,1-3,8-9,23-24H2,(H,25,27)(H,26,28)(H,29,30)/t18-,19-/m0/s1. The topological polar surface area (TPSA) is 148 Å². The molecule has 8 nitrogen and oxygen atoms in total. The van der Waals surface area contributed by atoms with Crippen LogP contribution in [0.2, 0.25) is 0 Å². The van der Waals surface area contributed by atoms with Crippen LogP contribution in [0.25, 0.3) is 0 Å². The van der Waals surface area contributed by atoms with Crippen molar-refractivity contribution in [1.82, 2.24) is 10.6 Å². The fraction of sp³-hybridized carbons (Fsp3) is 0.318. The van der Waals surface area contributed by atoms with Crippen LogP contribution >= 0.6 is 25.3 Å². The second-order valence-electron chi connectivity index (χ2n) is 7.39. The Hall–Kier alpha value is -2.69. The number of nitrogens with one attached hydrogen (secondary N) is 2. The van der Waals surface area contributed by atoms with Crippen molar-refractivity contribution in [3.05, 3.63) is 53.6 Å². The van der Waals surface area contributed by atoms with Gasteiger partial charge >= 0.3 is 5.97 Å². The Bertz CT molecular complexity index is 933. The van der Waals surface area contributed by atoms with Crippen LogP contribution in [0.15, 0.2) is 52.3 Å². The molecule has 10 heteroatoms. The molecule has 172 valence electrons. The molecule has 0 aliphatic heterocycles. The molecule has 32 heavy (non-hydrogen) atoms. The third-order valence-electron chi connectivity index (χ3n) is 4.77. The molecule has 0 fully saturated rings. The highest BCUT2D eigenvalue weighted by atomic mass is 32.1. The number of anilines is 1. The predicted octanol–water partition coefficient (Wildman–Crippen LogP) is 1.89. The van der Waals surface area contributed by atoms with Gasteiger partial charge in [-0.2, -0.15) is 0 Å². The Morgan fingerprint density at radius 2 is 1.56 bits per heavy atom. The molecule has 0 radical (unpaired) electrons. The van der Waals surface area contributed by atoms with Gasteiger partial charge in [-0.25, -0.2) is 4.79 Å². The molecular weight excluding hydrogens is 448 g/mol. The minimum Gasteiger partial charge on any atom is -0.480 e. The van der Waals surface area contributed by atoms with Gasteiger partial charge in [0.05, 0.1) is 0 Å². The van der Waals surface area contributed by atoms with E-state index in [4.69, 9.17) is 11.5 Å². The van der Waals surface area contributed by atoms with E-state index in [1.807, 2.05) is 0 Å². The lowest BCUT2D eigenvalue weighted by Gasteiger charge is -2.22. The number of thiol groups is 2. The lowest BCUT2D eigenvalue weighted by atomic mass is 10.0. The Morgan fingerprint density at radius 1 is 0.938 bits per heavy atom. The molecule has 0 aliphatic carbocycles. The summed E-state index contributed by atoms with van der Waals surface area (Å²) in [6, 6.07) is 9.47. The molecule has 0 heterocycles. The van der Waals surface area contributed by atoms with Crippen molar-refractivity contribution in [2.45, 2.75) is 47.6 Å². The molecule has 0 aliphatic rings. The van der Waals surface area contributed by atoms with E-state index in [1.54, 1.807) is 42.5 Å². The maximum Gasteiger partial charge on any atom is 0.326 e. The van der Waals surface area contributed by atoms with E-state index in [2.05, 4.69) is 35.9 Å². The first-order valence-electron chi connectivity index (χ1n) is 10.1. The van der Waals surface area contributed by atoms with Crippen molar-refractivity contribution < 1.29 is 19.5 Å². The van der Waals surface area contributed by atoms with Crippen LogP contribution in [0.5, 0.6) is 0 Å². The number of amides is 2. The molecule has 0 bridgehead atoms. The van der Waals surface area contributed by atoms with Gasteiger partial charge in [0.15, 0.2) is 0 Å². The van der Waals surface area contributed by atoms with Crippen LogP contribution in [0.1, 0.15) is 35.2 Å². The largest absolute Gasteiger partial charge is 0.480 e. The van der Waals surface area contributed by atoms with Crippen LogP contribution < -0.4 is 22.1 Å². The van der Waals surface area contributed by atoms with Gasteiger partial charge < -0.3 is 27.2 Å². The highest BCUT2D eigenvalue weighted by molar-refractivity contribution is 7.81. The van der Waals surface area contributed by atoms with Crippen molar-refractivity contribution >= 4 is 48.7 Å². The number of nitrogens with two attached hydrogens (primary N) is 2. The molecule has 2 aromatic rings. The van der Waals surface area contributed by atoms with E-state index in [1.165, 1.54) is 0 Å². The van der Waals surface area contributed by atoms with Gasteiger partial charge in [-0.05, 0) is 61.7 Å². The lowest BCUT2D eigenvalue weighted by molar-refractivity contribution is -0.142. The fourth-order valence-corrected chi connectivity index (χ4v) is 3.75. The van der Waals surface area contributed by atoms with E-state index < -0.39 is 29.9 Å². The Labute approximate surface area is 198 Å². The number of benzene rings is 2. The normalized spacial score (nSPS) is 12.6. The second kappa shape index (κ2) is 12.4. The third-order valence-corrected chi connectivity index (χ3v) is 5.28. The zero-order valence-corrected chi connectivity index (χ0v) is 19.2. The summed E-state index contributed by atoms with van der Waals surface area (Å²) in [5.41, 5.74) is 12.8. The zero-order valence-electron chi connectivity index (χ0n) is 17.5. The third kappa shape index (κ3) is 8.10. The maximum absolute atomic E-state index is 12.9. The number of hydrogen-bond donors (Lipinski definition) is 7.